The Balaban J connectivity index is 1.01. The maximum atomic E-state index is 4.76. The zero-order chi connectivity index (χ0) is 37.5. The fourth-order valence-electron chi connectivity index (χ4n) is 8.93. The van der Waals surface area contributed by atoms with E-state index in [1.165, 1.54) is 58.3 Å². The number of rotatable bonds is 6. The van der Waals surface area contributed by atoms with Crippen molar-refractivity contribution < 1.29 is 0 Å². The van der Waals surface area contributed by atoms with Gasteiger partial charge in [-0.15, -0.1) is 32.9 Å². The maximum absolute atomic E-state index is 4.76. The van der Waals surface area contributed by atoms with Crippen LogP contribution >= 0.6 is 22.7 Å². The minimum atomic E-state index is 0.0532. The summed E-state index contributed by atoms with van der Waals surface area (Å²) in [6.07, 6.45) is 7.26. The van der Waals surface area contributed by atoms with E-state index in [2.05, 4.69) is 173 Å². The first-order chi connectivity index (χ1) is 28.2. The number of nitrogens with zero attached hydrogens (tertiary/aromatic N) is 5. The number of benzene rings is 7. The third-order valence-electron chi connectivity index (χ3n) is 11.5. The zero-order valence-electron chi connectivity index (χ0n) is 30.6. The van der Waals surface area contributed by atoms with E-state index in [1.807, 2.05) is 35.6 Å². The molecule has 0 amide bonds. The van der Waals surface area contributed by atoms with Gasteiger partial charge in [-0.3, -0.25) is 0 Å². The topological polar surface area (TPSA) is 37.2 Å². The van der Waals surface area contributed by atoms with Crippen LogP contribution in [-0.2, 0) is 0 Å². The Labute approximate surface area is 337 Å². The maximum Gasteiger partial charge on any atom is 0.113 e. The summed E-state index contributed by atoms with van der Waals surface area (Å²) in [4.78, 5) is 7.99. The van der Waals surface area contributed by atoms with Gasteiger partial charge < -0.3 is 9.80 Å². The number of para-hydroxylation sites is 1. The highest BCUT2D eigenvalue weighted by Crippen LogP contribution is 2.55. The molecule has 2 atom stereocenters. The molecule has 0 fully saturated rings. The van der Waals surface area contributed by atoms with E-state index >= 15 is 0 Å². The SMILES string of the molecule is C1=CC2c3c(c4ccccc4c4ccccc34)N(c3ccccc3)C2C=C1N(c1ccc(-c2cc3sccc3s2)cc1)c1ccc(-n2nc3ccccc3n2)cc1. The average molecular weight is 768 g/mol. The monoisotopic (exact) mass is 767 g/mol. The summed E-state index contributed by atoms with van der Waals surface area (Å²) in [5, 5.41) is 16.9. The summed E-state index contributed by atoms with van der Waals surface area (Å²) in [6.45, 7) is 0. The molecule has 2 aliphatic rings. The molecular weight excluding hydrogens is 735 g/mol. The summed E-state index contributed by atoms with van der Waals surface area (Å²) < 4.78 is 2.68. The lowest BCUT2D eigenvalue weighted by atomic mass is 9.85. The van der Waals surface area contributed by atoms with Gasteiger partial charge in [-0.1, -0.05) is 97.1 Å². The molecule has 0 radical (unpaired) electrons. The number of fused-ring (bicyclic) bond motifs is 10. The number of hydrogen-bond donors (Lipinski definition) is 0. The molecule has 0 bridgehead atoms. The second-order valence-corrected chi connectivity index (χ2v) is 16.7. The third kappa shape index (κ3) is 5.20. The van der Waals surface area contributed by atoms with Crippen molar-refractivity contribution in [3.8, 4) is 16.1 Å². The van der Waals surface area contributed by atoms with E-state index in [9.17, 15) is 0 Å². The lowest BCUT2D eigenvalue weighted by molar-refractivity contribution is 0.738. The predicted molar refractivity (Wildman–Crippen MR) is 240 cm³/mol. The van der Waals surface area contributed by atoms with Crippen molar-refractivity contribution in [2.45, 2.75) is 12.0 Å². The smallest absolute Gasteiger partial charge is 0.113 e. The van der Waals surface area contributed by atoms with Gasteiger partial charge in [0.1, 0.15) is 11.0 Å². The fraction of sp³-hybridized carbons (Fsp3) is 0.0400. The first-order valence-corrected chi connectivity index (χ1v) is 20.9. The summed E-state index contributed by atoms with van der Waals surface area (Å²) in [5.41, 5.74) is 11.1. The van der Waals surface area contributed by atoms with Gasteiger partial charge in [-0.2, -0.15) is 4.80 Å². The Morgan fingerprint density at radius 2 is 1.19 bits per heavy atom. The van der Waals surface area contributed by atoms with E-state index in [0.717, 1.165) is 33.8 Å². The number of allylic oxidation sites excluding steroid dienone is 1. The largest absolute Gasteiger partial charge is 0.333 e. The van der Waals surface area contributed by atoms with Crippen LogP contribution in [0.15, 0.2) is 193 Å². The van der Waals surface area contributed by atoms with Crippen molar-refractivity contribution >= 4 is 87.4 Å². The van der Waals surface area contributed by atoms with Crippen LogP contribution in [0, 0.1) is 0 Å². The normalized spacial score (nSPS) is 16.1. The van der Waals surface area contributed by atoms with Crippen molar-refractivity contribution in [2.75, 3.05) is 9.80 Å². The first-order valence-electron chi connectivity index (χ1n) is 19.2. The van der Waals surface area contributed by atoms with E-state index in [4.69, 9.17) is 10.2 Å². The first kappa shape index (κ1) is 32.4. The highest BCUT2D eigenvalue weighted by atomic mass is 32.1. The van der Waals surface area contributed by atoms with Gasteiger partial charge in [0, 0.05) is 48.3 Å². The van der Waals surface area contributed by atoms with Gasteiger partial charge in [0.05, 0.1) is 17.4 Å². The number of hydrogen-bond acceptors (Lipinski definition) is 6. The summed E-state index contributed by atoms with van der Waals surface area (Å²) in [6, 6.07) is 59.0. The van der Waals surface area contributed by atoms with Gasteiger partial charge in [-0.05, 0) is 118 Å². The van der Waals surface area contributed by atoms with Crippen LogP contribution in [0.3, 0.4) is 0 Å². The lowest BCUT2D eigenvalue weighted by Gasteiger charge is -2.34. The molecule has 7 heteroatoms. The van der Waals surface area contributed by atoms with Gasteiger partial charge in [0.15, 0.2) is 0 Å². The molecule has 4 heterocycles. The van der Waals surface area contributed by atoms with Crippen LogP contribution < -0.4 is 9.80 Å². The van der Waals surface area contributed by atoms with Crippen LogP contribution in [0.25, 0.3) is 58.1 Å². The van der Waals surface area contributed by atoms with Crippen molar-refractivity contribution in [1.29, 1.82) is 0 Å². The Bertz CT molecular complexity index is 3150. The summed E-state index contributed by atoms with van der Waals surface area (Å²) >= 11 is 3.66. The van der Waals surface area contributed by atoms with E-state index in [-0.39, 0.29) is 12.0 Å². The molecular formula is C50H33N5S2. The molecule has 0 N–H and O–H groups in total. The van der Waals surface area contributed by atoms with Crippen molar-refractivity contribution in [3.05, 3.63) is 199 Å². The number of aromatic nitrogens is 3. The second-order valence-electron chi connectivity index (χ2n) is 14.7. The number of anilines is 4. The van der Waals surface area contributed by atoms with Crippen LogP contribution in [0.4, 0.5) is 22.7 Å². The molecule has 3 aromatic heterocycles. The molecule has 12 rings (SSSR count). The summed E-state index contributed by atoms with van der Waals surface area (Å²) in [7, 11) is 0. The molecule has 0 spiro atoms. The molecule has 5 nitrogen and oxygen atoms in total. The standard InChI is InChI=1S/C50H33N5S2/c1-2-10-33(11-3-1)54-45-30-37(26-27-42(45)49-40-14-6-4-12-38(40)39-13-5-7-15-41(39)50(49)54)53(34-20-18-32(19-21-34)47-31-48-46(57-47)28-29-56-48)35-22-24-36(25-23-35)55-51-43-16-8-9-17-44(43)52-55/h1-31,42,45H. The van der Waals surface area contributed by atoms with Crippen LogP contribution in [0.2, 0.25) is 0 Å². The zero-order valence-corrected chi connectivity index (χ0v) is 32.2. The highest BCUT2D eigenvalue weighted by molar-refractivity contribution is 7.28. The minimum absolute atomic E-state index is 0.0532. The molecule has 7 aromatic carbocycles. The highest BCUT2D eigenvalue weighted by Gasteiger charge is 2.41. The van der Waals surface area contributed by atoms with Crippen LogP contribution in [0.5, 0.6) is 0 Å². The lowest BCUT2D eigenvalue weighted by Crippen LogP contribution is -2.31. The van der Waals surface area contributed by atoms with E-state index in [0.29, 0.717) is 0 Å². The molecule has 2 unspecified atom stereocenters. The molecule has 0 saturated heterocycles. The average Bonchev–Trinajstić information content (AvgIpc) is 4.07. The van der Waals surface area contributed by atoms with Crippen molar-refractivity contribution in [2.24, 2.45) is 0 Å². The van der Waals surface area contributed by atoms with Crippen LogP contribution in [0.1, 0.15) is 11.5 Å². The molecule has 1 aliphatic carbocycles. The molecule has 0 saturated carbocycles. The Hall–Kier alpha value is -6.80. The minimum Gasteiger partial charge on any atom is -0.333 e. The van der Waals surface area contributed by atoms with Gasteiger partial charge in [0.2, 0.25) is 0 Å². The van der Waals surface area contributed by atoms with E-state index < -0.39 is 0 Å². The van der Waals surface area contributed by atoms with E-state index in [1.54, 1.807) is 16.1 Å². The van der Waals surface area contributed by atoms with Gasteiger partial charge in [-0.25, -0.2) is 0 Å². The molecule has 10 aromatic rings. The molecule has 1 aliphatic heterocycles. The fourth-order valence-corrected chi connectivity index (χ4v) is 11.0. The molecule has 57 heavy (non-hydrogen) atoms. The third-order valence-corrected chi connectivity index (χ3v) is 13.6. The quantitative estimate of drug-likeness (QED) is 0.158. The number of thiophene rings is 2. The second kappa shape index (κ2) is 12.9. The Morgan fingerprint density at radius 3 is 1.91 bits per heavy atom. The van der Waals surface area contributed by atoms with Gasteiger partial charge in [0.25, 0.3) is 0 Å². The van der Waals surface area contributed by atoms with Crippen molar-refractivity contribution in [3.63, 3.8) is 0 Å². The Kier molecular flexibility index (Phi) is 7.33. The van der Waals surface area contributed by atoms with Crippen molar-refractivity contribution in [1.82, 2.24) is 15.0 Å². The predicted octanol–water partition coefficient (Wildman–Crippen LogP) is 13.6. The summed E-state index contributed by atoms with van der Waals surface area (Å²) in [5.74, 6) is 0.165. The van der Waals surface area contributed by atoms with Gasteiger partial charge >= 0.3 is 0 Å². The Morgan fingerprint density at radius 1 is 0.561 bits per heavy atom. The molecule has 270 valence electrons. The van der Waals surface area contributed by atoms with Crippen LogP contribution in [-0.4, -0.2) is 21.0 Å².